The van der Waals surface area contributed by atoms with Crippen LogP contribution >= 0.6 is 0 Å². The lowest BCUT2D eigenvalue weighted by atomic mass is 10.2. The molecule has 1 aromatic carbocycles. The first-order valence-electron chi connectivity index (χ1n) is 10.0. The van der Waals surface area contributed by atoms with E-state index in [1.54, 1.807) is 12.3 Å². The summed E-state index contributed by atoms with van der Waals surface area (Å²) in [4.78, 5) is 11.6. The predicted molar refractivity (Wildman–Crippen MR) is 110 cm³/mol. The monoisotopic (exact) mass is 399 g/mol. The van der Waals surface area contributed by atoms with Crippen LogP contribution in [0.25, 0.3) is 10.9 Å². The second-order valence-corrected chi connectivity index (χ2v) is 7.09. The molecule has 1 aliphatic heterocycles. The molecule has 1 atom stereocenters. The second-order valence-electron chi connectivity index (χ2n) is 7.09. The Kier molecular flexibility index (Phi) is 6.21. The highest BCUT2D eigenvalue weighted by atomic mass is 19.1. The first-order valence-corrected chi connectivity index (χ1v) is 10.0. The smallest absolute Gasteiger partial charge is 0.226 e. The standard InChI is InChI=1S/C21H26FN5O2/c1-2-4-19(27-8-11-28-12-9-27)25-21-24-18-7-6-15(22)13-17(18)20(26-21)23-14-16-5-3-10-29-16/h3,5-7,10,13,19H,2,4,8-9,11-12,14H2,1H3,(H2,23,24,25,26). The number of morpholine rings is 1. The highest BCUT2D eigenvalue weighted by molar-refractivity contribution is 5.90. The zero-order valence-electron chi connectivity index (χ0n) is 16.5. The summed E-state index contributed by atoms with van der Waals surface area (Å²) >= 11 is 0. The van der Waals surface area contributed by atoms with Gasteiger partial charge in [-0.15, -0.1) is 0 Å². The molecular weight excluding hydrogens is 373 g/mol. The lowest BCUT2D eigenvalue weighted by molar-refractivity contribution is 0.0202. The average Bonchev–Trinajstić information content (AvgIpc) is 3.26. The van der Waals surface area contributed by atoms with Gasteiger partial charge in [-0.25, -0.2) is 9.37 Å². The Morgan fingerprint density at radius 1 is 1.21 bits per heavy atom. The van der Waals surface area contributed by atoms with Gasteiger partial charge in [0, 0.05) is 18.5 Å². The van der Waals surface area contributed by atoms with E-state index in [0.29, 0.717) is 29.2 Å². The van der Waals surface area contributed by atoms with Gasteiger partial charge in [-0.1, -0.05) is 13.3 Å². The average molecular weight is 399 g/mol. The molecule has 0 aliphatic carbocycles. The van der Waals surface area contributed by atoms with Crippen molar-refractivity contribution in [1.29, 1.82) is 0 Å². The zero-order chi connectivity index (χ0) is 20.1. The summed E-state index contributed by atoms with van der Waals surface area (Å²) in [5.41, 5.74) is 0.683. The summed E-state index contributed by atoms with van der Waals surface area (Å²) in [5, 5.41) is 7.38. The molecule has 1 saturated heterocycles. The van der Waals surface area contributed by atoms with Crippen LogP contribution in [0, 0.1) is 5.82 Å². The molecule has 7 nitrogen and oxygen atoms in total. The van der Waals surface area contributed by atoms with Crippen molar-refractivity contribution in [2.45, 2.75) is 32.5 Å². The van der Waals surface area contributed by atoms with E-state index in [4.69, 9.17) is 9.15 Å². The first kappa shape index (κ1) is 19.6. The van der Waals surface area contributed by atoms with E-state index in [0.717, 1.165) is 44.9 Å². The SMILES string of the molecule is CCCC(Nc1nc(NCc2ccco2)c2cc(F)ccc2n1)N1CCOCC1. The van der Waals surface area contributed by atoms with Crippen molar-refractivity contribution in [2.24, 2.45) is 0 Å². The number of nitrogens with one attached hydrogen (secondary N) is 2. The van der Waals surface area contributed by atoms with Crippen LogP contribution in [-0.2, 0) is 11.3 Å². The van der Waals surface area contributed by atoms with Gasteiger partial charge in [0.1, 0.15) is 17.4 Å². The topological polar surface area (TPSA) is 75.5 Å². The number of aromatic nitrogens is 2. The quantitative estimate of drug-likeness (QED) is 0.596. The molecule has 154 valence electrons. The number of hydrogen-bond acceptors (Lipinski definition) is 7. The van der Waals surface area contributed by atoms with Gasteiger partial charge < -0.3 is 19.8 Å². The summed E-state index contributed by atoms with van der Waals surface area (Å²) < 4.78 is 24.7. The third-order valence-electron chi connectivity index (χ3n) is 5.01. The Balaban J connectivity index is 1.61. The molecule has 0 bridgehead atoms. The molecule has 4 rings (SSSR count). The molecule has 3 aromatic rings. The Bertz CT molecular complexity index is 928. The van der Waals surface area contributed by atoms with Gasteiger partial charge in [0.15, 0.2) is 0 Å². The molecule has 1 unspecified atom stereocenters. The fraction of sp³-hybridized carbons (Fsp3) is 0.429. The van der Waals surface area contributed by atoms with Crippen molar-refractivity contribution in [3.05, 3.63) is 48.2 Å². The molecule has 0 radical (unpaired) electrons. The molecule has 0 spiro atoms. The van der Waals surface area contributed by atoms with Crippen LogP contribution in [0.5, 0.6) is 0 Å². The number of hydrogen-bond donors (Lipinski definition) is 2. The van der Waals surface area contributed by atoms with Gasteiger partial charge >= 0.3 is 0 Å². The fourth-order valence-electron chi connectivity index (χ4n) is 3.54. The molecule has 2 aromatic heterocycles. The molecule has 0 amide bonds. The maximum atomic E-state index is 13.8. The summed E-state index contributed by atoms with van der Waals surface area (Å²) in [7, 11) is 0. The van der Waals surface area contributed by atoms with Crippen molar-refractivity contribution in [3.8, 4) is 0 Å². The maximum Gasteiger partial charge on any atom is 0.226 e. The maximum absolute atomic E-state index is 13.8. The van der Waals surface area contributed by atoms with Gasteiger partial charge in [-0.05, 0) is 36.8 Å². The lowest BCUT2D eigenvalue weighted by Gasteiger charge is -2.34. The minimum absolute atomic E-state index is 0.125. The van der Waals surface area contributed by atoms with E-state index in [1.807, 2.05) is 12.1 Å². The van der Waals surface area contributed by atoms with Crippen molar-refractivity contribution in [3.63, 3.8) is 0 Å². The summed E-state index contributed by atoms with van der Waals surface area (Å²) in [6.07, 6.45) is 3.76. The van der Waals surface area contributed by atoms with E-state index in [-0.39, 0.29) is 12.0 Å². The molecule has 1 aliphatic rings. The van der Waals surface area contributed by atoms with Crippen molar-refractivity contribution in [1.82, 2.24) is 14.9 Å². The highest BCUT2D eigenvalue weighted by Gasteiger charge is 2.21. The summed E-state index contributed by atoms with van der Waals surface area (Å²) in [6.45, 7) is 5.83. The van der Waals surface area contributed by atoms with Crippen LogP contribution in [-0.4, -0.2) is 47.3 Å². The van der Waals surface area contributed by atoms with E-state index in [2.05, 4.69) is 32.4 Å². The fourth-order valence-corrected chi connectivity index (χ4v) is 3.54. The minimum atomic E-state index is -0.319. The number of anilines is 2. The van der Waals surface area contributed by atoms with Crippen LogP contribution in [0.3, 0.4) is 0 Å². The largest absolute Gasteiger partial charge is 0.467 e. The van der Waals surface area contributed by atoms with E-state index >= 15 is 0 Å². The Morgan fingerprint density at radius 3 is 2.83 bits per heavy atom. The van der Waals surface area contributed by atoms with Gasteiger partial charge in [-0.2, -0.15) is 4.98 Å². The van der Waals surface area contributed by atoms with Crippen molar-refractivity contribution < 1.29 is 13.5 Å². The number of rotatable bonds is 8. The third-order valence-corrected chi connectivity index (χ3v) is 5.01. The Labute approximate surface area is 169 Å². The van der Waals surface area contributed by atoms with Crippen LogP contribution < -0.4 is 10.6 Å². The van der Waals surface area contributed by atoms with Gasteiger partial charge in [0.25, 0.3) is 0 Å². The molecule has 29 heavy (non-hydrogen) atoms. The number of fused-ring (bicyclic) bond motifs is 1. The second kappa shape index (κ2) is 9.19. The number of benzene rings is 1. The normalized spacial score (nSPS) is 16.1. The number of ether oxygens (including phenoxy) is 1. The van der Waals surface area contributed by atoms with Crippen LogP contribution in [0.2, 0.25) is 0 Å². The van der Waals surface area contributed by atoms with E-state index in [9.17, 15) is 4.39 Å². The predicted octanol–water partition coefficient (Wildman–Crippen LogP) is 3.84. The molecular formula is C21H26FN5O2. The minimum Gasteiger partial charge on any atom is -0.467 e. The number of nitrogens with zero attached hydrogens (tertiary/aromatic N) is 3. The van der Waals surface area contributed by atoms with E-state index in [1.165, 1.54) is 12.1 Å². The van der Waals surface area contributed by atoms with Gasteiger partial charge in [0.05, 0.1) is 37.7 Å². The van der Waals surface area contributed by atoms with Crippen molar-refractivity contribution in [2.75, 3.05) is 36.9 Å². The zero-order valence-corrected chi connectivity index (χ0v) is 16.5. The number of furan rings is 1. The number of halogens is 1. The summed E-state index contributed by atoms with van der Waals surface area (Å²) in [6, 6.07) is 8.26. The summed E-state index contributed by atoms with van der Waals surface area (Å²) in [5.74, 6) is 1.56. The van der Waals surface area contributed by atoms with E-state index < -0.39 is 0 Å². The van der Waals surface area contributed by atoms with Gasteiger partial charge in [-0.3, -0.25) is 4.90 Å². The molecule has 8 heteroatoms. The van der Waals surface area contributed by atoms with Gasteiger partial charge in [0.2, 0.25) is 5.95 Å². The van der Waals surface area contributed by atoms with Crippen LogP contribution in [0.15, 0.2) is 41.0 Å². The van der Waals surface area contributed by atoms with Crippen LogP contribution in [0.4, 0.5) is 16.2 Å². The van der Waals surface area contributed by atoms with Crippen LogP contribution in [0.1, 0.15) is 25.5 Å². The Morgan fingerprint density at radius 2 is 2.07 bits per heavy atom. The lowest BCUT2D eigenvalue weighted by Crippen LogP contribution is -2.47. The Hall–Kier alpha value is -2.71. The molecule has 0 saturated carbocycles. The molecule has 1 fully saturated rings. The molecule has 2 N–H and O–H groups in total. The highest BCUT2D eigenvalue weighted by Crippen LogP contribution is 2.25. The van der Waals surface area contributed by atoms with Crippen molar-refractivity contribution >= 4 is 22.7 Å². The first-order chi connectivity index (χ1) is 14.2. The molecule has 3 heterocycles. The third kappa shape index (κ3) is 4.83.